The van der Waals surface area contributed by atoms with Crippen molar-refractivity contribution in [2.45, 2.75) is 205 Å². The molecule has 62 heavy (non-hydrogen) atoms. The lowest BCUT2D eigenvalue weighted by atomic mass is 9.43. The number of aliphatic hydroxyl groups excluding tert-OH is 2. The number of methoxy groups -OCH3 is 1. The van der Waals surface area contributed by atoms with Crippen molar-refractivity contribution in [3.05, 3.63) is 11.6 Å². The Morgan fingerprint density at radius 1 is 0.677 bits per heavy atom. The molecule has 0 saturated heterocycles. The maximum absolute atomic E-state index is 13.8. The second-order valence-corrected chi connectivity index (χ2v) is 22.8. The van der Waals surface area contributed by atoms with E-state index in [0.717, 1.165) is 89.0 Å². The molecule has 0 bridgehead atoms. The minimum atomic E-state index is -0.705. The molecule has 0 spiro atoms. The summed E-state index contributed by atoms with van der Waals surface area (Å²) in [6, 6.07) is 0. The van der Waals surface area contributed by atoms with E-state index in [2.05, 4.69) is 41.5 Å². The van der Waals surface area contributed by atoms with Crippen molar-refractivity contribution in [1.29, 1.82) is 0 Å². The van der Waals surface area contributed by atoms with E-state index in [-0.39, 0.29) is 86.3 Å². The fraction of sp³-hybridized carbons (Fsp3) is 0.889. The maximum atomic E-state index is 13.8. The number of carbonyl (C=O) groups excluding carboxylic acids is 3. The predicted molar refractivity (Wildman–Crippen MR) is 249 cm³/mol. The van der Waals surface area contributed by atoms with Gasteiger partial charge in [-0.05, 0) is 196 Å². The van der Waals surface area contributed by atoms with Gasteiger partial charge in [0.2, 0.25) is 0 Å². The van der Waals surface area contributed by atoms with Gasteiger partial charge in [0.05, 0.1) is 19.3 Å². The first-order valence-electron chi connectivity index (χ1n) is 24.2. The van der Waals surface area contributed by atoms with Crippen LogP contribution < -0.4 is 0 Å². The molecule has 0 aromatic carbocycles. The highest BCUT2D eigenvalue weighted by Crippen LogP contribution is 2.70. The summed E-state index contributed by atoms with van der Waals surface area (Å²) in [6.07, 6.45) is 19.3. The predicted octanol–water partition coefficient (Wildman–Crippen LogP) is 11.9. The summed E-state index contributed by atoms with van der Waals surface area (Å²) in [6.45, 7) is 16.2. The van der Waals surface area contributed by atoms with Crippen LogP contribution in [0.5, 0.6) is 0 Å². The van der Waals surface area contributed by atoms with Gasteiger partial charge in [0.15, 0.2) is 5.78 Å². The van der Waals surface area contributed by atoms with Crippen molar-refractivity contribution >= 4 is 23.5 Å². The average Bonchev–Trinajstić information content (AvgIpc) is 3.74. The number of hydrogen-bond acceptors (Lipinski definition) is 7. The average molecular weight is 869 g/mol. The molecular formula is C54H92O8. The van der Waals surface area contributed by atoms with Crippen molar-refractivity contribution in [2.75, 3.05) is 7.11 Å². The van der Waals surface area contributed by atoms with Crippen LogP contribution in [0.2, 0.25) is 0 Å². The smallest absolute Gasteiger partial charge is 0.305 e. The first-order chi connectivity index (χ1) is 27.8. The zero-order valence-electron chi connectivity index (χ0n) is 38.0. The van der Waals surface area contributed by atoms with E-state index < -0.39 is 5.97 Å². The lowest BCUT2D eigenvalue weighted by molar-refractivity contribution is -0.160. The Morgan fingerprint density at radius 3 is 1.68 bits per heavy atom. The van der Waals surface area contributed by atoms with Crippen LogP contribution in [0.4, 0.5) is 0 Å². The molecule has 0 aromatic rings. The molecule has 8 fully saturated rings. The van der Waals surface area contributed by atoms with Gasteiger partial charge < -0.3 is 20.1 Å². The fourth-order valence-electron chi connectivity index (χ4n) is 17.3. The molecule has 8 rings (SSSR count). The van der Waals surface area contributed by atoms with E-state index in [4.69, 9.17) is 9.84 Å². The van der Waals surface area contributed by atoms with E-state index in [1.165, 1.54) is 26.4 Å². The Bertz CT molecular complexity index is 1640. The van der Waals surface area contributed by atoms with Crippen molar-refractivity contribution in [3.63, 3.8) is 0 Å². The second-order valence-electron chi connectivity index (χ2n) is 22.8. The molecule has 8 heteroatoms. The number of aliphatic hydroxyl groups is 2. The summed E-state index contributed by atoms with van der Waals surface area (Å²) < 4.78 is 4.85. The topological polar surface area (TPSA) is 138 Å². The summed E-state index contributed by atoms with van der Waals surface area (Å²) in [7, 11) is 1.47. The molecule has 18 atom stereocenters. The van der Waals surface area contributed by atoms with Crippen molar-refractivity contribution in [2.24, 2.45) is 92.7 Å². The Morgan fingerprint density at radius 2 is 1.15 bits per heavy atom. The van der Waals surface area contributed by atoms with E-state index in [0.29, 0.717) is 77.7 Å². The molecule has 8 saturated carbocycles. The number of hydrogen-bond donors (Lipinski definition) is 3. The van der Waals surface area contributed by atoms with Crippen LogP contribution in [0.3, 0.4) is 0 Å². The summed E-state index contributed by atoms with van der Waals surface area (Å²) in [4.78, 5) is 50.0. The molecule has 8 aliphatic carbocycles. The normalized spacial score (nSPS) is 45.5. The Labute approximate surface area is 378 Å². The first-order valence-corrected chi connectivity index (χ1v) is 24.2. The molecule has 0 aromatic heterocycles. The highest BCUT2D eigenvalue weighted by atomic mass is 16.5. The molecular weight excluding hydrogens is 777 g/mol. The van der Waals surface area contributed by atoms with E-state index in [1.807, 2.05) is 13.0 Å². The highest BCUT2D eigenvalue weighted by molar-refractivity contribution is 5.99. The number of ether oxygens (including phenoxy) is 1. The van der Waals surface area contributed by atoms with Crippen LogP contribution >= 0.6 is 0 Å². The van der Waals surface area contributed by atoms with E-state index >= 15 is 0 Å². The third kappa shape index (κ3) is 8.82. The van der Waals surface area contributed by atoms with Crippen LogP contribution in [0, 0.1) is 92.7 Å². The van der Waals surface area contributed by atoms with Gasteiger partial charge in [0.25, 0.3) is 0 Å². The molecule has 356 valence electrons. The largest absolute Gasteiger partial charge is 0.481 e. The summed E-state index contributed by atoms with van der Waals surface area (Å²) in [5, 5.41) is 29.7. The highest BCUT2D eigenvalue weighted by Gasteiger charge is 2.65. The lowest BCUT2D eigenvalue weighted by Crippen LogP contribution is -2.58. The third-order valence-corrected chi connectivity index (χ3v) is 20.5. The molecule has 0 radical (unpaired) electrons. The zero-order valence-corrected chi connectivity index (χ0v) is 38.0. The summed E-state index contributed by atoms with van der Waals surface area (Å²) >= 11 is 0. The summed E-state index contributed by atoms with van der Waals surface area (Å²) in [5.41, 5.74) is 1.71. The molecule has 8 nitrogen and oxygen atoms in total. The lowest BCUT2D eigenvalue weighted by Gasteiger charge is -2.61. The number of rotatable bonds is 8. The quantitative estimate of drug-likeness (QED) is 0.162. The molecule has 0 aliphatic heterocycles. The zero-order chi connectivity index (χ0) is 42.8. The van der Waals surface area contributed by atoms with Crippen LogP contribution in [0.1, 0.15) is 193 Å². The molecule has 0 heterocycles. The SMILES string of the molecule is C.C.C.C/C=C1/C(=O)[C@H]2C3CC[C@H]([C@H](C)CCC(=O)O)[C@@]3(C)CCC2[C@@]2(C)CC[C@@H](O)C[C@@H]12.COC(=O)CC[C@@H](C)[C@H]1CCC2[C@@H]3C(=O)C[C@@H]4C[C@H](O)CC[C@]4(C)C3CC[C@@]21C. The maximum Gasteiger partial charge on any atom is 0.305 e. The number of fused-ring (bicyclic) bond motifs is 10. The molecule has 3 N–H and O–H groups in total. The van der Waals surface area contributed by atoms with Crippen molar-refractivity contribution in [1.82, 2.24) is 0 Å². The van der Waals surface area contributed by atoms with Crippen LogP contribution in [0.15, 0.2) is 11.6 Å². The number of ketones is 2. The number of Topliss-reactive ketones (excluding diaryl/α,β-unsaturated/α-hetero) is 2. The number of aliphatic carboxylic acids is 1. The Kier molecular flexibility index (Phi) is 16.8. The Hall–Kier alpha value is -2.06. The molecule has 8 aliphatic rings. The van der Waals surface area contributed by atoms with E-state index in [9.17, 15) is 29.4 Å². The van der Waals surface area contributed by atoms with Gasteiger partial charge in [0, 0.05) is 31.1 Å². The van der Waals surface area contributed by atoms with Crippen molar-refractivity contribution < 1.29 is 39.2 Å². The summed E-state index contributed by atoms with van der Waals surface area (Å²) in [5.74, 6) is 4.82. The minimum Gasteiger partial charge on any atom is -0.481 e. The van der Waals surface area contributed by atoms with Gasteiger partial charge in [-0.25, -0.2) is 0 Å². The number of carboxylic acid groups (broad SMARTS) is 1. The van der Waals surface area contributed by atoms with E-state index in [1.54, 1.807) is 0 Å². The van der Waals surface area contributed by atoms with Crippen LogP contribution in [-0.2, 0) is 23.9 Å². The van der Waals surface area contributed by atoms with Gasteiger partial charge >= 0.3 is 11.9 Å². The number of carboxylic acids is 1. The second kappa shape index (κ2) is 19.8. The third-order valence-electron chi connectivity index (χ3n) is 20.5. The van der Waals surface area contributed by atoms with Gasteiger partial charge in [-0.2, -0.15) is 0 Å². The molecule has 4 unspecified atom stereocenters. The number of esters is 1. The minimum absolute atomic E-state index is 0. The molecule has 0 amide bonds. The van der Waals surface area contributed by atoms with Crippen LogP contribution in [0.25, 0.3) is 0 Å². The van der Waals surface area contributed by atoms with Crippen LogP contribution in [-0.4, -0.2) is 58.1 Å². The standard InChI is InChI=1S/C26H40O4.C25H40O4.3CH4/c1-5-17-21-14-16(27)10-12-26(21,4)20-11-13-25(3)18(15(2)6-9-22(28)29)7-8-19(25)23(20)24(17)30;1-15(5-8-22(28)29-4)18-6-7-19-23-20(10-12-25(18,19)3)24(2)11-9-17(26)13-16(24)14-21(23)27;;;/h5,15-16,18-21,23,27H,6-14H2,1-4H3,(H,28,29);15-20,23,26H,5-14H2,1-4H3;3*1H4/b17-5+;;;;/t15-,16-,18-,19?,20?,21+,23+,25-,26-;15-,16+,17-,18-,19?,20?,23+,24+,25-;;;/m11.../s1. The number of allylic oxidation sites excluding steroid dienone is 2. The first kappa shape index (κ1) is 52.6. The Balaban J connectivity index is 0.000000260. The van der Waals surface area contributed by atoms with Gasteiger partial charge in [-0.1, -0.05) is 69.9 Å². The van der Waals surface area contributed by atoms with Gasteiger partial charge in [-0.15, -0.1) is 0 Å². The van der Waals surface area contributed by atoms with Crippen molar-refractivity contribution in [3.8, 4) is 0 Å². The number of carbonyl (C=O) groups is 4. The monoisotopic (exact) mass is 869 g/mol. The fourth-order valence-corrected chi connectivity index (χ4v) is 17.3. The van der Waals surface area contributed by atoms with Gasteiger partial charge in [0.1, 0.15) is 5.78 Å². The van der Waals surface area contributed by atoms with Gasteiger partial charge in [-0.3, -0.25) is 19.2 Å².